The van der Waals surface area contributed by atoms with Gasteiger partial charge in [0.15, 0.2) is 0 Å². The Morgan fingerprint density at radius 2 is 1.10 bits per heavy atom. The number of hydrogen-bond donors (Lipinski definition) is 0. The second-order valence-electron chi connectivity index (χ2n) is 0.333. The smallest absolute Gasteiger partial charge is 0.652 e. The molecule has 0 unspecified atom stereocenters. The summed E-state index contributed by atoms with van der Waals surface area (Å²) >= 11 is 0. The fourth-order valence-corrected chi connectivity index (χ4v) is 0. The molecule has 0 fully saturated rings. The Hall–Kier alpha value is 0.610. The minimum Gasteiger partial charge on any atom is -0.652 e. The Kier molecular flexibility index (Phi) is 104. The van der Waals surface area contributed by atoms with E-state index >= 15 is 0 Å². The van der Waals surface area contributed by atoms with Gasteiger partial charge in [-0.05, 0) is 6.16 Å². The van der Waals surface area contributed by atoms with Gasteiger partial charge in [0.25, 0.3) is 0 Å². The molecule has 10 heavy (non-hydrogen) atoms. The summed E-state index contributed by atoms with van der Waals surface area (Å²) in [5.74, 6) is 0. The monoisotopic (exact) mass is 168 g/mol. The van der Waals surface area contributed by atoms with Gasteiger partial charge in [-0.15, -0.1) is 0 Å². The van der Waals surface area contributed by atoms with Crippen LogP contribution in [0.2, 0.25) is 0 Å². The van der Waals surface area contributed by atoms with Crippen molar-refractivity contribution in [1.82, 2.24) is 0 Å². The van der Waals surface area contributed by atoms with Gasteiger partial charge in [0.05, 0.1) is 0 Å². The summed E-state index contributed by atoms with van der Waals surface area (Å²) in [7, 11) is 0. The fraction of sp³-hybridized carbons (Fsp3) is 0. The van der Waals surface area contributed by atoms with Crippen molar-refractivity contribution in [2.45, 2.75) is 0 Å². The number of carboxylic acid groups (broad SMARTS) is 2. The SMILES string of the molecule is O.O=C([O-])[O-].O=C=O.[Na+].[Na+]. The number of rotatable bonds is 0. The maximum atomic E-state index is 8.33. The zero-order valence-electron chi connectivity index (χ0n) is 5.54. The molecule has 6 nitrogen and oxygen atoms in total. The first-order valence-electron chi connectivity index (χ1n) is 1.02. The van der Waals surface area contributed by atoms with Crippen molar-refractivity contribution in [1.29, 1.82) is 0 Å². The molecule has 0 aliphatic rings. The Morgan fingerprint density at radius 1 is 1.10 bits per heavy atom. The molecule has 0 saturated carbocycles. The van der Waals surface area contributed by atoms with Crippen molar-refractivity contribution < 1.29 is 89.2 Å². The van der Waals surface area contributed by atoms with Crippen molar-refractivity contribution in [3.8, 4) is 0 Å². The van der Waals surface area contributed by atoms with E-state index in [0.717, 1.165) is 0 Å². The van der Waals surface area contributed by atoms with E-state index in [2.05, 4.69) is 0 Å². The van der Waals surface area contributed by atoms with E-state index in [1.54, 1.807) is 0 Å². The summed E-state index contributed by atoms with van der Waals surface area (Å²) in [6, 6.07) is 0. The average molecular weight is 168 g/mol. The van der Waals surface area contributed by atoms with E-state index in [0.29, 0.717) is 0 Å². The summed E-state index contributed by atoms with van der Waals surface area (Å²) in [5, 5.41) is 16.7. The second kappa shape index (κ2) is 33.5. The van der Waals surface area contributed by atoms with Crippen LogP contribution in [-0.2, 0) is 9.59 Å². The maximum absolute atomic E-state index is 8.33. The van der Waals surface area contributed by atoms with Crippen LogP contribution in [0.25, 0.3) is 0 Å². The maximum Gasteiger partial charge on any atom is 1.00 e. The van der Waals surface area contributed by atoms with Gasteiger partial charge in [-0.3, -0.25) is 0 Å². The molecule has 8 heteroatoms. The molecule has 0 rings (SSSR count). The van der Waals surface area contributed by atoms with Crippen LogP contribution < -0.4 is 69.3 Å². The molecule has 0 aromatic carbocycles. The summed E-state index contributed by atoms with van der Waals surface area (Å²) in [6.07, 6.45) is -2.08. The van der Waals surface area contributed by atoms with Crippen LogP contribution in [0.15, 0.2) is 0 Å². The molecule has 0 spiro atoms. The summed E-state index contributed by atoms with van der Waals surface area (Å²) in [5.41, 5.74) is 0. The predicted molar refractivity (Wildman–Crippen MR) is 14.0 cm³/mol. The number of carbonyl (C=O) groups is 1. The molecule has 0 saturated heterocycles. The zero-order valence-corrected chi connectivity index (χ0v) is 9.54. The third-order valence-corrected chi connectivity index (χ3v) is 0. The van der Waals surface area contributed by atoms with E-state index in [-0.39, 0.29) is 70.7 Å². The predicted octanol–water partition coefficient (Wildman–Crippen LogP) is -9.85. The van der Waals surface area contributed by atoms with Crippen molar-refractivity contribution in [3.05, 3.63) is 0 Å². The molecular weight excluding hydrogens is 166 g/mol. The number of hydrogen-bond acceptors (Lipinski definition) is 5. The summed E-state index contributed by atoms with van der Waals surface area (Å²) in [4.78, 5) is 24.6. The molecule has 0 atom stereocenters. The van der Waals surface area contributed by atoms with E-state index in [1.807, 2.05) is 0 Å². The van der Waals surface area contributed by atoms with Crippen molar-refractivity contribution >= 4 is 12.3 Å². The van der Waals surface area contributed by atoms with Crippen LogP contribution in [0.5, 0.6) is 0 Å². The van der Waals surface area contributed by atoms with Crippen LogP contribution in [0.1, 0.15) is 0 Å². The molecule has 0 aliphatic heterocycles. The largest absolute Gasteiger partial charge is 1.00 e. The molecule has 0 radical (unpaired) electrons. The second-order valence-corrected chi connectivity index (χ2v) is 0.333. The Bertz CT molecular complexity index is 81.7. The number of carbonyl (C=O) groups excluding carboxylic acids is 3. The zero-order chi connectivity index (χ0) is 6.28. The van der Waals surface area contributed by atoms with E-state index in [9.17, 15) is 0 Å². The van der Waals surface area contributed by atoms with Crippen molar-refractivity contribution in [2.75, 3.05) is 0 Å². The van der Waals surface area contributed by atoms with Gasteiger partial charge < -0.3 is 20.5 Å². The van der Waals surface area contributed by atoms with Crippen LogP contribution in [0.3, 0.4) is 0 Å². The molecule has 0 aromatic rings. The van der Waals surface area contributed by atoms with Gasteiger partial charge in [0.1, 0.15) is 0 Å². The van der Waals surface area contributed by atoms with Gasteiger partial charge in [-0.1, -0.05) is 0 Å². The van der Waals surface area contributed by atoms with Crippen molar-refractivity contribution in [3.63, 3.8) is 0 Å². The van der Waals surface area contributed by atoms with Gasteiger partial charge in [-0.2, -0.15) is 9.59 Å². The van der Waals surface area contributed by atoms with E-state index in [4.69, 9.17) is 24.6 Å². The first kappa shape index (κ1) is 31.1. The van der Waals surface area contributed by atoms with Crippen LogP contribution in [0, 0.1) is 0 Å². The standard InChI is InChI=1S/CH2O3.CO2.2Na.H2O/c2-1(3)4;2-1-3;;;/h(H2,2,3,4);;;;1H2/q;;2*+1;/p-2. The molecule has 0 aliphatic carbocycles. The molecule has 0 heterocycles. The van der Waals surface area contributed by atoms with Crippen LogP contribution in [0.4, 0.5) is 4.79 Å². The molecule has 2 N–H and O–H groups in total. The van der Waals surface area contributed by atoms with Crippen molar-refractivity contribution in [2.24, 2.45) is 0 Å². The minimum absolute atomic E-state index is 0. The molecule has 0 bridgehead atoms. The van der Waals surface area contributed by atoms with Gasteiger partial charge in [0, 0.05) is 0 Å². The Morgan fingerprint density at radius 3 is 1.10 bits per heavy atom. The average Bonchev–Trinajstić information content (AvgIpc) is 1.33. The minimum atomic E-state index is -2.33. The van der Waals surface area contributed by atoms with Crippen LogP contribution >= 0.6 is 0 Å². The molecule has 0 aromatic heterocycles. The molecular formula is C2H2Na2O6. The van der Waals surface area contributed by atoms with Gasteiger partial charge >= 0.3 is 65.3 Å². The topological polar surface area (TPSA) is 129 Å². The third kappa shape index (κ3) is 1340. The summed E-state index contributed by atoms with van der Waals surface area (Å²) in [6.45, 7) is 0. The quantitative estimate of drug-likeness (QED) is 0.331. The normalized spacial score (nSPS) is 3.20. The van der Waals surface area contributed by atoms with Crippen LogP contribution in [-0.4, -0.2) is 17.8 Å². The molecule has 48 valence electrons. The third-order valence-electron chi connectivity index (χ3n) is 0. The van der Waals surface area contributed by atoms with Gasteiger partial charge in [0.2, 0.25) is 0 Å². The van der Waals surface area contributed by atoms with Gasteiger partial charge in [-0.25, -0.2) is 0 Å². The van der Waals surface area contributed by atoms with E-state index < -0.39 is 6.16 Å². The molecule has 0 amide bonds. The fourth-order valence-electron chi connectivity index (χ4n) is 0. The first-order chi connectivity index (χ1) is 3.15. The van der Waals surface area contributed by atoms with E-state index in [1.165, 1.54) is 0 Å². The Balaban J connectivity index is -0.0000000131. The Labute approximate surface area is 100 Å². The summed E-state index contributed by atoms with van der Waals surface area (Å²) < 4.78 is 0. The first-order valence-corrected chi connectivity index (χ1v) is 1.02.